The Hall–Kier alpha value is -1.93. The van der Waals surface area contributed by atoms with Crippen molar-refractivity contribution in [2.24, 2.45) is 5.73 Å². The van der Waals surface area contributed by atoms with Gasteiger partial charge in [0.2, 0.25) is 0 Å². The molecular formula is C11H16FN3O4. The molecule has 1 aromatic rings. The van der Waals surface area contributed by atoms with Gasteiger partial charge in [-0.15, -0.1) is 0 Å². The highest BCUT2D eigenvalue weighted by atomic mass is 19.1. The highest BCUT2D eigenvalue weighted by Gasteiger charge is 2.20. The van der Waals surface area contributed by atoms with Crippen LogP contribution in [0.1, 0.15) is 6.92 Å². The first kappa shape index (κ1) is 15.1. The third-order valence-electron chi connectivity index (χ3n) is 2.61. The van der Waals surface area contributed by atoms with Crippen LogP contribution in [0.5, 0.6) is 5.75 Å². The molecule has 1 aromatic carbocycles. The Morgan fingerprint density at radius 3 is 2.74 bits per heavy atom. The highest BCUT2D eigenvalue weighted by Crippen LogP contribution is 2.31. The summed E-state index contributed by atoms with van der Waals surface area (Å²) in [6, 6.07) is 1.35. The summed E-state index contributed by atoms with van der Waals surface area (Å²) >= 11 is 0. The lowest BCUT2D eigenvalue weighted by molar-refractivity contribution is -0.384. The summed E-state index contributed by atoms with van der Waals surface area (Å²) in [5, 5.41) is 22.8. The second kappa shape index (κ2) is 6.30. The minimum Gasteiger partial charge on any atom is -0.494 e. The van der Waals surface area contributed by atoms with Gasteiger partial charge < -0.3 is 20.9 Å². The average molecular weight is 273 g/mol. The van der Waals surface area contributed by atoms with Crippen LogP contribution >= 0.6 is 0 Å². The molecule has 0 saturated heterocycles. The number of ether oxygens (including phenoxy) is 1. The zero-order valence-corrected chi connectivity index (χ0v) is 10.6. The maximum atomic E-state index is 13.4. The zero-order chi connectivity index (χ0) is 14.6. The van der Waals surface area contributed by atoms with Crippen LogP contribution in [0, 0.1) is 15.9 Å². The van der Waals surface area contributed by atoms with Crippen molar-refractivity contribution in [1.29, 1.82) is 0 Å². The van der Waals surface area contributed by atoms with E-state index in [1.807, 2.05) is 0 Å². The van der Waals surface area contributed by atoms with Crippen molar-refractivity contribution < 1.29 is 19.2 Å². The summed E-state index contributed by atoms with van der Waals surface area (Å²) in [4.78, 5) is 10.1. The zero-order valence-electron chi connectivity index (χ0n) is 10.6. The lowest BCUT2D eigenvalue weighted by atomic mass is 10.2. The number of rotatable bonds is 6. The van der Waals surface area contributed by atoms with Gasteiger partial charge in [0.15, 0.2) is 11.6 Å². The molecule has 2 unspecified atom stereocenters. The van der Waals surface area contributed by atoms with E-state index in [1.54, 1.807) is 0 Å². The molecule has 8 heteroatoms. The highest BCUT2D eigenvalue weighted by molar-refractivity contribution is 5.64. The van der Waals surface area contributed by atoms with Crippen molar-refractivity contribution in [2.75, 3.05) is 19.0 Å². The molecule has 2 atom stereocenters. The van der Waals surface area contributed by atoms with E-state index in [0.717, 1.165) is 6.07 Å². The largest absolute Gasteiger partial charge is 0.494 e. The third kappa shape index (κ3) is 3.76. The summed E-state index contributed by atoms with van der Waals surface area (Å²) in [5.74, 6) is -0.932. The standard InChI is InChI=1S/C11H16FN3O4/c1-6(16)8(13)5-14-9-4-11(19-2)7(12)3-10(9)15(17)18/h3-4,6,8,14,16H,5,13H2,1-2H3. The number of methoxy groups -OCH3 is 1. The Morgan fingerprint density at radius 1 is 1.63 bits per heavy atom. The molecule has 0 spiro atoms. The molecule has 7 nitrogen and oxygen atoms in total. The molecule has 0 radical (unpaired) electrons. The number of anilines is 1. The van der Waals surface area contributed by atoms with Crippen molar-refractivity contribution >= 4 is 11.4 Å². The minimum atomic E-state index is -0.820. The Morgan fingerprint density at radius 2 is 2.26 bits per heavy atom. The van der Waals surface area contributed by atoms with Crippen LogP contribution in [-0.2, 0) is 0 Å². The van der Waals surface area contributed by atoms with Gasteiger partial charge in [-0.3, -0.25) is 10.1 Å². The third-order valence-corrected chi connectivity index (χ3v) is 2.61. The lowest BCUT2D eigenvalue weighted by Gasteiger charge is -2.16. The van der Waals surface area contributed by atoms with E-state index in [2.05, 4.69) is 5.32 Å². The maximum Gasteiger partial charge on any atom is 0.295 e. The second-order valence-electron chi connectivity index (χ2n) is 4.05. The second-order valence-corrected chi connectivity index (χ2v) is 4.05. The predicted molar refractivity (Wildman–Crippen MR) is 67.8 cm³/mol. The number of nitro benzene ring substituents is 1. The van der Waals surface area contributed by atoms with Gasteiger partial charge in [-0.25, -0.2) is 4.39 Å². The Labute approximate surface area is 109 Å². The number of benzene rings is 1. The maximum absolute atomic E-state index is 13.4. The predicted octanol–water partition coefficient (Wildman–Crippen LogP) is 0.863. The number of nitrogens with one attached hydrogen (secondary N) is 1. The van der Waals surface area contributed by atoms with Crippen LogP contribution in [0.15, 0.2) is 12.1 Å². The van der Waals surface area contributed by atoms with Crippen molar-refractivity contribution in [3.8, 4) is 5.75 Å². The van der Waals surface area contributed by atoms with E-state index in [1.165, 1.54) is 20.1 Å². The van der Waals surface area contributed by atoms with Crippen molar-refractivity contribution in [2.45, 2.75) is 19.1 Å². The molecule has 1 rings (SSSR count). The fraction of sp³-hybridized carbons (Fsp3) is 0.455. The molecule has 0 aliphatic rings. The van der Waals surface area contributed by atoms with Crippen LogP contribution in [0.3, 0.4) is 0 Å². The van der Waals surface area contributed by atoms with Gasteiger partial charge in [-0.1, -0.05) is 0 Å². The fourth-order valence-corrected chi connectivity index (χ4v) is 1.39. The number of hydrogen-bond donors (Lipinski definition) is 3. The molecule has 0 aliphatic heterocycles. The van der Waals surface area contributed by atoms with Crippen LogP contribution in [0.2, 0.25) is 0 Å². The molecular weight excluding hydrogens is 257 g/mol. The molecule has 19 heavy (non-hydrogen) atoms. The number of hydrogen-bond acceptors (Lipinski definition) is 6. The van der Waals surface area contributed by atoms with Gasteiger partial charge in [0.1, 0.15) is 5.69 Å². The summed E-state index contributed by atoms with van der Waals surface area (Å²) in [7, 11) is 1.26. The van der Waals surface area contributed by atoms with Crippen molar-refractivity contribution in [1.82, 2.24) is 0 Å². The quantitative estimate of drug-likeness (QED) is 0.523. The Bertz CT molecular complexity index is 467. The van der Waals surface area contributed by atoms with Gasteiger partial charge in [-0.2, -0.15) is 0 Å². The molecule has 4 N–H and O–H groups in total. The topological polar surface area (TPSA) is 111 Å². The van der Waals surface area contributed by atoms with E-state index in [-0.39, 0.29) is 18.0 Å². The van der Waals surface area contributed by atoms with Crippen LogP contribution in [0.25, 0.3) is 0 Å². The summed E-state index contributed by atoms with van der Waals surface area (Å²) < 4.78 is 18.2. The number of nitro groups is 1. The van der Waals surface area contributed by atoms with E-state index in [4.69, 9.17) is 10.5 Å². The average Bonchev–Trinajstić information content (AvgIpc) is 2.35. The van der Waals surface area contributed by atoms with Crippen LogP contribution < -0.4 is 15.8 Å². The van der Waals surface area contributed by atoms with Crippen molar-refractivity contribution in [3.05, 3.63) is 28.1 Å². The molecule has 0 saturated carbocycles. The molecule has 0 fully saturated rings. The van der Waals surface area contributed by atoms with E-state index in [9.17, 15) is 19.6 Å². The number of halogens is 1. The van der Waals surface area contributed by atoms with Crippen LogP contribution in [0.4, 0.5) is 15.8 Å². The van der Waals surface area contributed by atoms with E-state index >= 15 is 0 Å². The minimum absolute atomic E-state index is 0.0827. The monoisotopic (exact) mass is 273 g/mol. The van der Waals surface area contributed by atoms with Gasteiger partial charge in [0, 0.05) is 18.7 Å². The molecule has 0 bridgehead atoms. The lowest BCUT2D eigenvalue weighted by Crippen LogP contribution is -2.38. The summed E-state index contributed by atoms with van der Waals surface area (Å²) in [6.45, 7) is 1.61. The Balaban J connectivity index is 3.00. The first-order valence-electron chi connectivity index (χ1n) is 5.56. The van der Waals surface area contributed by atoms with Gasteiger partial charge in [0.25, 0.3) is 5.69 Å². The summed E-state index contributed by atoms with van der Waals surface area (Å²) in [6.07, 6.45) is -0.770. The SMILES string of the molecule is COc1cc(NCC(N)C(C)O)c([N+](=O)[O-])cc1F. The molecule has 0 aliphatic carbocycles. The molecule has 106 valence electrons. The smallest absolute Gasteiger partial charge is 0.295 e. The first-order valence-corrected chi connectivity index (χ1v) is 5.56. The van der Waals surface area contributed by atoms with E-state index < -0.39 is 28.6 Å². The molecule has 0 heterocycles. The number of nitrogens with zero attached hydrogens (tertiary/aromatic N) is 1. The Kier molecular flexibility index (Phi) is 5.02. The van der Waals surface area contributed by atoms with Gasteiger partial charge in [-0.05, 0) is 6.92 Å². The van der Waals surface area contributed by atoms with Crippen molar-refractivity contribution in [3.63, 3.8) is 0 Å². The summed E-state index contributed by atoms with van der Waals surface area (Å²) in [5.41, 5.74) is 5.27. The molecule has 0 amide bonds. The number of nitrogens with two attached hydrogens (primary N) is 1. The van der Waals surface area contributed by atoms with Crippen LogP contribution in [-0.4, -0.2) is 35.8 Å². The number of aliphatic hydroxyl groups excluding tert-OH is 1. The fourth-order valence-electron chi connectivity index (χ4n) is 1.39. The normalized spacial score (nSPS) is 13.7. The number of aliphatic hydroxyl groups is 1. The van der Waals surface area contributed by atoms with Gasteiger partial charge in [0.05, 0.1) is 24.2 Å². The van der Waals surface area contributed by atoms with E-state index in [0.29, 0.717) is 0 Å². The first-order chi connectivity index (χ1) is 8.86. The van der Waals surface area contributed by atoms with Gasteiger partial charge >= 0.3 is 0 Å². The molecule has 0 aromatic heterocycles.